The summed E-state index contributed by atoms with van der Waals surface area (Å²) in [7, 11) is 1.41. The number of carbonyl (C=O) groups is 2. The molecule has 0 saturated carbocycles. The molecule has 0 aromatic heterocycles. The molecule has 8 heteroatoms. The third-order valence-corrected chi connectivity index (χ3v) is 4.92. The number of nitrogens with zero attached hydrogens (tertiary/aromatic N) is 1. The van der Waals surface area contributed by atoms with Crippen molar-refractivity contribution in [2.45, 2.75) is 6.92 Å². The van der Waals surface area contributed by atoms with Gasteiger partial charge in [0.2, 0.25) is 0 Å². The first-order chi connectivity index (χ1) is 16.5. The first kappa shape index (κ1) is 24.4. The molecule has 0 radical (unpaired) electrons. The monoisotopic (exact) mass is 476 g/mol. The van der Waals surface area contributed by atoms with Gasteiger partial charge in [0.1, 0.15) is 17.4 Å². The predicted molar refractivity (Wildman–Crippen MR) is 129 cm³/mol. The summed E-state index contributed by atoms with van der Waals surface area (Å²) >= 11 is 6.06. The number of anilines is 1. The summed E-state index contributed by atoms with van der Waals surface area (Å²) in [6.45, 7) is 2.27. The van der Waals surface area contributed by atoms with E-state index in [1.807, 2.05) is 13.0 Å². The number of carbonyl (C=O) groups excluding carboxylic acids is 2. The van der Waals surface area contributed by atoms with E-state index < -0.39 is 11.9 Å². The molecule has 1 N–H and O–H groups in total. The second-order valence-electron chi connectivity index (χ2n) is 6.83. The number of nitriles is 1. The first-order valence-electron chi connectivity index (χ1n) is 10.3. The van der Waals surface area contributed by atoms with Gasteiger partial charge in [-0.1, -0.05) is 41.9 Å². The van der Waals surface area contributed by atoms with E-state index in [0.717, 1.165) is 0 Å². The van der Waals surface area contributed by atoms with E-state index >= 15 is 0 Å². The Morgan fingerprint density at radius 1 is 1.03 bits per heavy atom. The molecule has 0 bridgehead atoms. The van der Waals surface area contributed by atoms with Gasteiger partial charge in [-0.3, -0.25) is 4.79 Å². The third-order valence-electron chi connectivity index (χ3n) is 4.60. The van der Waals surface area contributed by atoms with E-state index in [0.29, 0.717) is 23.6 Å². The summed E-state index contributed by atoms with van der Waals surface area (Å²) < 4.78 is 16.3. The zero-order chi connectivity index (χ0) is 24.5. The normalized spacial score (nSPS) is 10.7. The number of rotatable bonds is 8. The third kappa shape index (κ3) is 5.94. The van der Waals surface area contributed by atoms with Gasteiger partial charge in [0.15, 0.2) is 11.5 Å². The van der Waals surface area contributed by atoms with Gasteiger partial charge in [0.25, 0.3) is 5.91 Å². The number of hydrogen-bond donors (Lipinski definition) is 1. The molecule has 1 amide bonds. The van der Waals surface area contributed by atoms with Crippen LogP contribution in [0.5, 0.6) is 17.2 Å². The molecule has 7 nitrogen and oxygen atoms in total. The molecule has 34 heavy (non-hydrogen) atoms. The summed E-state index contributed by atoms with van der Waals surface area (Å²) in [5.74, 6) is -0.325. The molecule has 0 unspecified atom stereocenters. The van der Waals surface area contributed by atoms with Crippen molar-refractivity contribution < 1.29 is 23.8 Å². The van der Waals surface area contributed by atoms with Gasteiger partial charge in [-0.15, -0.1) is 0 Å². The second-order valence-corrected chi connectivity index (χ2v) is 7.24. The van der Waals surface area contributed by atoms with Crippen LogP contribution >= 0.6 is 11.6 Å². The van der Waals surface area contributed by atoms with Gasteiger partial charge in [-0.25, -0.2) is 4.79 Å². The highest BCUT2D eigenvalue weighted by Gasteiger charge is 2.16. The standard InChI is InChI=1S/C26H21ClN2O5/c1-3-33-22-11-7-6-10-21(22)29-25(30)18(16-28)14-17-12-13-23(24(15-17)32-2)34-26(31)19-8-4-5-9-20(19)27/h4-15H,3H2,1-2H3,(H,29,30)/b18-14+. The van der Waals surface area contributed by atoms with Gasteiger partial charge in [0, 0.05) is 0 Å². The van der Waals surface area contributed by atoms with Crippen LogP contribution in [-0.4, -0.2) is 25.6 Å². The SMILES string of the molecule is CCOc1ccccc1NC(=O)/C(C#N)=C/c1ccc(OC(=O)c2ccccc2Cl)c(OC)c1. The Bertz CT molecular complexity index is 1280. The highest BCUT2D eigenvalue weighted by atomic mass is 35.5. The fourth-order valence-corrected chi connectivity index (χ4v) is 3.21. The smallest absolute Gasteiger partial charge is 0.345 e. The van der Waals surface area contributed by atoms with E-state index in [1.54, 1.807) is 60.7 Å². The average molecular weight is 477 g/mol. The molecule has 0 fully saturated rings. The van der Waals surface area contributed by atoms with Crippen molar-refractivity contribution in [3.05, 3.63) is 88.5 Å². The minimum Gasteiger partial charge on any atom is -0.493 e. The van der Waals surface area contributed by atoms with Gasteiger partial charge in [-0.2, -0.15) is 5.26 Å². The lowest BCUT2D eigenvalue weighted by atomic mass is 10.1. The van der Waals surface area contributed by atoms with E-state index in [-0.39, 0.29) is 27.7 Å². The Labute approximate surface area is 202 Å². The Morgan fingerprint density at radius 2 is 1.76 bits per heavy atom. The molecule has 0 atom stereocenters. The Morgan fingerprint density at radius 3 is 2.47 bits per heavy atom. The molecule has 0 spiro atoms. The van der Waals surface area contributed by atoms with Crippen LogP contribution in [0.15, 0.2) is 72.3 Å². The summed E-state index contributed by atoms with van der Waals surface area (Å²) in [5.41, 5.74) is 1.04. The van der Waals surface area contributed by atoms with Crippen molar-refractivity contribution in [3.8, 4) is 23.3 Å². The fourth-order valence-electron chi connectivity index (χ4n) is 3.00. The minimum atomic E-state index is -0.641. The topological polar surface area (TPSA) is 97.6 Å². The van der Waals surface area contributed by atoms with Crippen LogP contribution in [0, 0.1) is 11.3 Å². The van der Waals surface area contributed by atoms with Gasteiger partial charge in [0.05, 0.1) is 30.0 Å². The van der Waals surface area contributed by atoms with Crippen LogP contribution < -0.4 is 19.5 Å². The predicted octanol–water partition coefficient (Wildman–Crippen LogP) is 5.51. The molecule has 0 heterocycles. The summed E-state index contributed by atoms with van der Waals surface area (Å²) in [5, 5.41) is 12.5. The zero-order valence-corrected chi connectivity index (χ0v) is 19.3. The average Bonchev–Trinajstić information content (AvgIpc) is 2.84. The number of methoxy groups -OCH3 is 1. The van der Waals surface area contributed by atoms with Gasteiger partial charge in [-0.05, 0) is 55.0 Å². The molecular formula is C26H21ClN2O5. The molecule has 0 aliphatic carbocycles. The number of nitrogens with one attached hydrogen (secondary N) is 1. The number of ether oxygens (including phenoxy) is 3. The van der Waals surface area contributed by atoms with Crippen LogP contribution in [0.1, 0.15) is 22.8 Å². The second kappa shape index (κ2) is 11.5. The van der Waals surface area contributed by atoms with Crippen LogP contribution in [0.3, 0.4) is 0 Å². The molecule has 0 saturated heterocycles. The number of amides is 1. The maximum absolute atomic E-state index is 12.7. The highest BCUT2D eigenvalue weighted by Crippen LogP contribution is 2.31. The van der Waals surface area contributed by atoms with E-state index in [9.17, 15) is 14.9 Å². The van der Waals surface area contributed by atoms with Crippen molar-refractivity contribution in [2.75, 3.05) is 19.0 Å². The molecule has 0 aliphatic rings. The molecule has 3 aromatic rings. The van der Waals surface area contributed by atoms with E-state index in [2.05, 4.69) is 5.32 Å². The first-order valence-corrected chi connectivity index (χ1v) is 10.6. The number of esters is 1. The summed E-state index contributed by atoms with van der Waals surface area (Å²) in [6.07, 6.45) is 1.40. The number of halogens is 1. The maximum Gasteiger partial charge on any atom is 0.345 e. The van der Waals surface area contributed by atoms with Crippen molar-refractivity contribution in [3.63, 3.8) is 0 Å². The number of para-hydroxylation sites is 2. The van der Waals surface area contributed by atoms with Crippen molar-refractivity contribution in [2.24, 2.45) is 0 Å². The maximum atomic E-state index is 12.7. The van der Waals surface area contributed by atoms with Crippen LogP contribution in [0.2, 0.25) is 5.02 Å². The number of benzene rings is 3. The Balaban J connectivity index is 1.81. The molecule has 172 valence electrons. The van der Waals surface area contributed by atoms with Gasteiger partial charge >= 0.3 is 5.97 Å². The molecular weight excluding hydrogens is 456 g/mol. The van der Waals surface area contributed by atoms with E-state index in [1.165, 1.54) is 19.3 Å². The van der Waals surface area contributed by atoms with Gasteiger partial charge < -0.3 is 19.5 Å². The van der Waals surface area contributed by atoms with Crippen LogP contribution in [-0.2, 0) is 4.79 Å². The van der Waals surface area contributed by atoms with Crippen molar-refractivity contribution in [1.82, 2.24) is 0 Å². The summed E-state index contributed by atoms with van der Waals surface area (Å²) in [4.78, 5) is 25.2. The molecule has 0 aliphatic heterocycles. The minimum absolute atomic E-state index is 0.130. The molecule has 3 aromatic carbocycles. The lowest BCUT2D eigenvalue weighted by Crippen LogP contribution is -2.14. The molecule has 3 rings (SSSR count). The quantitative estimate of drug-likeness (QED) is 0.199. The van der Waals surface area contributed by atoms with Crippen molar-refractivity contribution >= 4 is 35.2 Å². The highest BCUT2D eigenvalue weighted by molar-refractivity contribution is 6.33. The van der Waals surface area contributed by atoms with Crippen LogP contribution in [0.25, 0.3) is 6.08 Å². The lowest BCUT2D eigenvalue weighted by Gasteiger charge is -2.12. The zero-order valence-electron chi connectivity index (χ0n) is 18.5. The lowest BCUT2D eigenvalue weighted by molar-refractivity contribution is -0.112. The Hall–Kier alpha value is -4.28. The Kier molecular flexibility index (Phi) is 8.27. The fraction of sp³-hybridized carbons (Fsp3) is 0.115. The number of hydrogen-bond acceptors (Lipinski definition) is 6. The van der Waals surface area contributed by atoms with E-state index in [4.69, 9.17) is 25.8 Å². The largest absolute Gasteiger partial charge is 0.493 e. The van der Waals surface area contributed by atoms with Crippen LogP contribution in [0.4, 0.5) is 5.69 Å². The summed E-state index contributed by atoms with van der Waals surface area (Å²) in [6, 6.07) is 20.0. The van der Waals surface area contributed by atoms with Crippen molar-refractivity contribution in [1.29, 1.82) is 5.26 Å².